The van der Waals surface area contributed by atoms with Gasteiger partial charge in [0.1, 0.15) is 0 Å². The average molecular weight is 250 g/mol. The van der Waals surface area contributed by atoms with Crippen molar-refractivity contribution in [3.05, 3.63) is 30.3 Å². The lowest BCUT2D eigenvalue weighted by Crippen LogP contribution is -2.44. The van der Waals surface area contributed by atoms with E-state index in [0.29, 0.717) is 13.1 Å². The zero-order valence-electron chi connectivity index (χ0n) is 12.0. The van der Waals surface area contributed by atoms with Crippen molar-refractivity contribution in [3.63, 3.8) is 0 Å². The van der Waals surface area contributed by atoms with E-state index < -0.39 is 0 Å². The van der Waals surface area contributed by atoms with Crippen LogP contribution in [0.3, 0.4) is 0 Å². The van der Waals surface area contributed by atoms with Gasteiger partial charge >= 0.3 is 0 Å². The summed E-state index contributed by atoms with van der Waals surface area (Å²) in [6.07, 6.45) is -0.357. The maximum atomic E-state index is 10.1. The fraction of sp³-hybridized carbons (Fsp3) is 0.600. The van der Waals surface area contributed by atoms with Gasteiger partial charge in [-0.25, -0.2) is 0 Å². The summed E-state index contributed by atoms with van der Waals surface area (Å²) in [5.41, 5.74) is 1.21. The maximum Gasteiger partial charge on any atom is 0.0839 e. The molecule has 0 aliphatic rings. The molecule has 1 aromatic rings. The van der Waals surface area contributed by atoms with Gasteiger partial charge in [0.05, 0.1) is 6.10 Å². The van der Waals surface area contributed by atoms with Gasteiger partial charge in [0.15, 0.2) is 0 Å². The molecule has 3 nitrogen and oxygen atoms in total. The van der Waals surface area contributed by atoms with Crippen molar-refractivity contribution >= 4 is 5.69 Å². The Morgan fingerprint density at radius 3 is 2.33 bits per heavy atom. The van der Waals surface area contributed by atoms with Crippen LogP contribution in [-0.4, -0.2) is 36.4 Å². The van der Waals surface area contributed by atoms with E-state index in [1.807, 2.05) is 18.2 Å². The molecule has 0 amide bonds. The zero-order chi connectivity index (χ0) is 13.6. The van der Waals surface area contributed by atoms with Crippen LogP contribution in [0.4, 0.5) is 5.69 Å². The van der Waals surface area contributed by atoms with Crippen molar-refractivity contribution in [2.75, 3.05) is 24.5 Å². The summed E-state index contributed by atoms with van der Waals surface area (Å²) in [5.74, 6) is 0. The third kappa shape index (κ3) is 5.52. The normalized spacial score (nSPS) is 13.4. The summed E-state index contributed by atoms with van der Waals surface area (Å²) >= 11 is 0. The van der Waals surface area contributed by atoms with E-state index in [1.165, 1.54) is 0 Å². The average Bonchev–Trinajstić information content (AvgIpc) is 2.33. The summed E-state index contributed by atoms with van der Waals surface area (Å²) in [5, 5.41) is 13.4. The first-order valence-corrected chi connectivity index (χ1v) is 6.65. The minimum Gasteiger partial charge on any atom is -0.390 e. The number of aliphatic hydroxyl groups excluding tert-OH is 1. The standard InChI is InChI=1S/C15H26N2O/c1-5-17(13-9-7-6-8-10-13)12-14(18)11-16-15(2,3)4/h6-10,14,16,18H,5,11-12H2,1-4H3. The quantitative estimate of drug-likeness (QED) is 0.813. The summed E-state index contributed by atoms with van der Waals surface area (Å²) < 4.78 is 0. The molecule has 0 aliphatic heterocycles. The van der Waals surface area contributed by atoms with Gasteiger partial charge in [0.25, 0.3) is 0 Å². The largest absolute Gasteiger partial charge is 0.390 e. The predicted molar refractivity (Wildman–Crippen MR) is 78.1 cm³/mol. The number of para-hydroxylation sites is 1. The second-order valence-electron chi connectivity index (χ2n) is 5.66. The van der Waals surface area contributed by atoms with Gasteiger partial charge in [-0.2, -0.15) is 0 Å². The van der Waals surface area contributed by atoms with E-state index in [4.69, 9.17) is 0 Å². The number of β-amino-alcohol motifs (C(OH)–C–C–N with tert-alkyl or cyclic N) is 1. The van der Waals surface area contributed by atoms with Crippen LogP contribution in [0.15, 0.2) is 30.3 Å². The number of anilines is 1. The lowest BCUT2D eigenvalue weighted by molar-refractivity contribution is 0.166. The topological polar surface area (TPSA) is 35.5 Å². The fourth-order valence-electron chi connectivity index (χ4n) is 1.80. The van der Waals surface area contributed by atoms with Gasteiger partial charge in [0, 0.05) is 30.9 Å². The molecule has 1 unspecified atom stereocenters. The summed E-state index contributed by atoms with van der Waals surface area (Å²) in [6.45, 7) is 10.6. The Kier molecular flexibility index (Phi) is 5.63. The number of likely N-dealkylation sites (N-methyl/N-ethyl adjacent to an activating group) is 1. The molecule has 1 atom stereocenters. The lowest BCUT2D eigenvalue weighted by Gasteiger charge is -2.28. The Morgan fingerprint density at radius 1 is 1.22 bits per heavy atom. The Hall–Kier alpha value is -1.06. The molecule has 0 bridgehead atoms. The van der Waals surface area contributed by atoms with Gasteiger partial charge in [0.2, 0.25) is 0 Å². The van der Waals surface area contributed by atoms with Crippen LogP contribution in [0.2, 0.25) is 0 Å². The highest BCUT2D eigenvalue weighted by Gasteiger charge is 2.14. The molecule has 0 heterocycles. The van der Waals surface area contributed by atoms with Crippen LogP contribution < -0.4 is 10.2 Å². The maximum absolute atomic E-state index is 10.1. The van der Waals surface area contributed by atoms with Gasteiger partial charge in [-0.05, 0) is 39.8 Å². The molecule has 2 N–H and O–H groups in total. The number of hydrogen-bond acceptors (Lipinski definition) is 3. The van der Waals surface area contributed by atoms with E-state index in [0.717, 1.165) is 12.2 Å². The number of hydrogen-bond donors (Lipinski definition) is 2. The second kappa shape index (κ2) is 6.76. The van der Waals surface area contributed by atoms with Crippen LogP contribution >= 0.6 is 0 Å². The number of rotatable bonds is 6. The zero-order valence-corrected chi connectivity index (χ0v) is 12.0. The van der Waals surface area contributed by atoms with Crippen LogP contribution in [0, 0.1) is 0 Å². The molecule has 0 aliphatic carbocycles. The van der Waals surface area contributed by atoms with E-state index in [2.05, 4.69) is 50.0 Å². The minimum absolute atomic E-state index is 0.0464. The van der Waals surface area contributed by atoms with E-state index in [1.54, 1.807) is 0 Å². The lowest BCUT2D eigenvalue weighted by atomic mass is 10.1. The molecule has 1 aromatic carbocycles. The smallest absolute Gasteiger partial charge is 0.0839 e. The monoisotopic (exact) mass is 250 g/mol. The molecule has 0 spiro atoms. The molecular weight excluding hydrogens is 224 g/mol. The van der Waals surface area contributed by atoms with Crippen molar-refractivity contribution in [2.45, 2.75) is 39.3 Å². The van der Waals surface area contributed by atoms with Crippen LogP contribution in [-0.2, 0) is 0 Å². The summed E-state index contributed by atoms with van der Waals surface area (Å²) in [7, 11) is 0. The van der Waals surface area contributed by atoms with Crippen LogP contribution in [0.1, 0.15) is 27.7 Å². The number of benzene rings is 1. The van der Waals surface area contributed by atoms with Crippen molar-refractivity contribution in [1.82, 2.24) is 5.32 Å². The van der Waals surface area contributed by atoms with Crippen molar-refractivity contribution in [2.24, 2.45) is 0 Å². The molecule has 0 radical (unpaired) electrons. The number of nitrogens with one attached hydrogen (secondary N) is 1. The Balaban J connectivity index is 2.49. The molecular formula is C15H26N2O. The predicted octanol–water partition coefficient (Wildman–Crippen LogP) is 2.26. The first kappa shape index (κ1) is 15.0. The number of aliphatic hydroxyl groups is 1. The Labute approximate surface area is 111 Å². The van der Waals surface area contributed by atoms with E-state index >= 15 is 0 Å². The van der Waals surface area contributed by atoms with Crippen LogP contribution in [0.25, 0.3) is 0 Å². The summed E-state index contributed by atoms with van der Waals surface area (Å²) in [6, 6.07) is 10.2. The molecule has 0 aromatic heterocycles. The van der Waals surface area contributed by atoms with E-state index in [-0.39, 0.29) is 11.6 Å². The molecule has 1 rings (SSSR count). The van der Waals surface area contributed by atoms with Crippen molar-refractivity contribution in [1.29, 1.82) is 0 Å². The second-order valence-corrected chi connectivity index (χ2v) is 5.66. The molecule has 102 valence electrons. The fourth-order valence-corrected chi connectivity index (χ4v) is 1.80. The third-order valence-corrected chi connectivity index (χ3v) is 2.80. The van der Waals surface area contributed by atoms with Gasteiger partial charge in [-0.1, -0.05) is 18.2 Å². The van der Waals surface area contributed by atoms with Gasteiger partial charge < -0.3 is 15.3 Å². The molecule has 3 heteroatoms. The van der Waals surface area contributed by atoms with Crippen molar-refractivity contribution < 1.29 is 5.11 Å². The first-order chi connectivity index (χ1) is 8.42. The Morgan fingerprint density at radius 2 is 1.83 bits per heavy atom. The number of nitrogens with zero attached hydrogens (tertiary/aromatic N) is 1. The van der Waals surface area contributed by atoms with Gasteiger partial charge in [-0.3, -0.25) is 0 Å². The third-order valence-electron chi connectivity index (χ3n) is 2.80. The molecule has 0 saturated carbocycles. The van der Waals surface area contributed by atoms with Crippen LogP contribution in [0.5, 0.6) is 0 Å². The molecule has 0 saturated heterocycles. The molecule has 0 fully saturated rings. The SMILES string of the molecule is CCN(CC(O)CNC(C)(C)C)c1ccccc1. The first-order valence-electron chi connectivity index (χ1n) is 6.65. The van der Waals surface area contributed by atoms with Crippen molar-refractivity contribution in [3.8, 4) is 0 Å². The highest BCUT2D eigenvalue weighted by atomic mass is 16.3. The minimum atomic E-state index is -0.357. The summed E-state index contributed by atoms with van der Waals surface area (Å²) in [4.78, 5) is 2.19. The van der Waals surface area contributed by atoms with E-state index in [9.17, 15) is 5.11 Å². The molecule has 18 heavy (non-hydrogen) atoms. The highest BCUT2D eigenvalue weighted by Crippen LogP contribution is 2.13. The highest BCUT2D eigenvalue weighted by molar-refractivity contribution is 5.45. The van der Waals surface area contributed by atoms with Gasteiger partial charge in [-0.15, -0.1) is 0 Å². The Bertz CT molecular complexity index is 332.